The highest BCUT2D eigenvalue weighted by Crippen LogP contribution is 2.37. The van der Waals surface area contributed by atoms with Gasteiger partial charge < -0.3 is 10.2 Å². The predicted molar refractivity (Wildman–Crippen MR) is 80.5 cm³/mol. The number of rotatable bonds is 1. The van der Waals surface area contributed by atoms with E-state index in [1.54, 1.807) is 0 Å². The molecule has 100 valence electrons. The summed E-state index contributed by atoms with van der Waals surface area (Å²) in [6, 6.07) is 12.3. The number of nitrogens with zero attached hydrogens (tertiary/aromatic N) is 3. The highest BCUT2D eigenvalue weighted by Gasteiger charge is 2.22. The summed E-state index contributed by atoms with van der Waals surface area (Å²) in [5, 5.41) is 12.5. The maximum atomic E-state index is 9.04. The standard InChI is InChI=1S/C16H16N4/c1-11(2)20-10-19-15-8-12(9-17)5-6-13(15)14-4-3-7-18-16(14)20/h3-8,11,19H,10H2,1-2H3. The summed E-state index contributed by atoms with van der Waals surface area (Å²) in [6.45, 7) is 4.98. The Bertz CT molecular complexity index is 685. The molecule has 0 aliphatic carbocycles. The quantitative estimate of drug-likeness (QED) is 0.859. The summed E-state index contributed by atoms with van der Waals surface area (Å²) in [7, 11) is 0. The molecule has 3 rings (SSSR count). The molecule has 0 unspecified atom stereocenters. The zero-order chi connectivity index (χ0) is 14.1. The first-order chi connectivity index (χ1) is 9.70. The van der Waals surface area contributed by atoms with Crippen LogP contribution >= 0.6 is 0 Å². The number of pyridine rings is 1. The molecule has 20 heavy (non-hydrogen) atoms. The van der Waals surface area contributed by atoms with E-state index in [1.807, 2.05) is 30.5 Å². The molecule has 4 nitrogen and oxygen atoms in total. The molecule has 1 aliphatic heterocycles. The van der Waals surface area contributed by atoms with Crippen LogP contribution < -0.4 is 10.2 Å². The molecule has 0 bridgehead atoms. The molecule has 1 aromatic carbocycles. The molecule has 0 fully saturated rings. The number of hydrogen-bond acceptors (Lipinski definition) is 4. The Morgan fingerprint density at radius 1 is 1.30 bits per heavy atom. The van der Waals surface area contributed by atoms with Crippen LogP contribution in [0.1, 0.15) is 19.4 Å². The van der Waals surface area contributed by atoms with E-state index >= 15 is 0 Å². The summed E-state index contributed by atoms with van der Waals surface area (Å²) in [6.07, 6.45) is 1.82. The van der Waals surface area contributed by atoms with E-state index in [0.29, 0.717) is 18.3 Å². The van der Waals surface area contributed by atoms with Crippen molar-refractivity contribution in [1.29, 1.82) is 5.26 Å². The fourth-order valence-corrected chi connectivity index (χ4v) is 2.50. The second-order valence-corrected chi connectivity index (χ2v) is 5.15. The van der Waals surface area contributed by atoms with Crippen LogP contribution in [-0.2, 0) is 0 Å². The Morgan fingerprint density at radius 2 is 2.15 bits per heavy atom. The molecule has 0 spiro atoms. The normalized spacial score (nSPS) is 13.0. The van der Waals surface area contributed by atoms with Crippen LogP contribution in [0.15, 0.2) is 36.5 Å². The molecule has 0 radical (unpaired) electrons. The van der Waals surface area contributed by atoms with Crippen molar-refractivity contribution in [1.82, 2.24) is 4.98 Å². The number of anilines is 2. The van der Waals surface area contributed by atoms with Crippen LogP contribution in [-0.4, -0.2) is 17.7 Å². The third-order valence-corrected chi connectivity index (χ3v) is 3.56. The third kappa shape index (κ3) is 1.97. The first-order valence-electron chi connectivity index (χ1n) is 6.71. The van der Waals surface area contributed by atoms with Crippen molar-refractivity contribution in [3.8, 4) is 17.2 Å². The smallest absolute Gasteiger partial charge is 0.138 e. The van der Waals surface area contributed by atoms with Crippen LogP contribution in [0.4, 0.5) is 11.5 Å². The van der Waals surface area contributed by atoms with Gasteiger partial charge in [0.15, 0.2) is 0 Å². The summed E-state index contributed by atoms with van der Waals surface area (Å²) in [5.41, 5.74) is 3.85. The van der Waals surface area contributed by atoms with Gasteiger partial charge in [-0.05, 0) is 38.1 Å². The minimum absolute atomic E-state index is 0.348. The lowest BCUT2D eigenvalue weighted by molar-refractivity contribution is 0.701. The largest absolute Gasteiger partial charge is 0.367 e. The van der Waals surface area contributed by atoms with Crippen LogP contribution in [0.3, 0.4) is 0 Å². The van der Waals surface area contributed by atoms with E-state index in [4.69, 9.17) is 5.26 Å². The van der Waals surface area contributed by atoms with Crippen molar-refractivity contribution >= 4 is 11.5 Å². The SMILES string of the molecule is CC(C)N1CNc2cc(C#N)ccc2-c2cccnc21. The van der Waals surface area contributed by atoms with Gasteiger partial charge in [-0.15, -0.1) is 0 Å². The first kappa shape index (κ1) is 12.5. The van der Waals surface area contributed by atoms with Crippen molar-refractivity contribution in [3.63, 3.8) is 0 Å². The molecule has 4 heteroatoms. The Morgan fingerprint density at radius 3 is 2.90 bits per heavy atom. The van der Waals surface area contributed by atoms with Gasteiger partial charge in [-0.1, -0.05) is 6.07 Å². The Kier molecular flexibility index (Phi) is 3.03. The van der Waals surface area contributed by atoms with E-state index in [2.05, 4.69) is 41.2 Å². The molecule has 1 N–H and O–H groups in total. The van der Waals surface area contributed by atoms with E-state index in [1.165, 1.54) is 0 Å². The molecular weight excluding hydrogens is 248 g/mol. The lowest BCUT2D eigenvalue weighted by Crippen LogP contribution is -2.35. The molecule has 0 saturated heterocycles. The highest BCUT2D eigenvalue weighted by molar-refractivity contribution is 5.87. The minimum Gasteiger partial charge on any atom is -0.367 e. The van der Waals surface area contributed by atoms with Crippen molar-refractivity contribution in [3.05, 3.63) is 42.1 Å². The number of nitrogens with one attached hydrogen (secondary N) is 1. The van der Waals surface area contributed by atoms with E-state index < -0.39 is 0 Å². The predicted octanol–water partition coefficient (Wildman–Crippen LogP) is 3.22. The summed E-state index contributed by atoms with van der Waals surface area (Å²) in [4.78, 5) is 6.77. The van der Waals surface area contributed by atoms with Gasteiger partial charge in [0.05, 0.1) is 18.3 Å². The van der Waals surface area contributed by atoms with Gasteiger partial charge in [0.25, 0.3) is 0 Å². The molecule has 2 heterocycles. The monoisotopic (exact) mass is 264 g/mol. The molecule has 0 saturated carbocycles. The van der Waals surface area contributed by atoms with Crippen molar-refractivity contribution in [2.24, 2.45) is 0 Å². The lowest BCUT2D eigenvalue weighted by atomic mass is 10.0. The zero-order valence-corrected chi connectivity index (χ0v) is 11.6. The van der Waals surface area contributed by atoms with Gasteiger partial charge in [-0.2, -0.15) is 5.26 Å². The number of hydrogen-bond donors (Lipinski definition) is 1. The minimum atomic E-state index is 0.348. The summed E-state index contributed by atoms with van der Waals surface area (Å²) < 4.78 is 0. The van der Waals surface area contributed by atoms with Gasteiger partial charge in [-0.3, -0.25) is 0 Å². The van der Waals surface area contributed by atoms with Gasteiger partial charge in [0, 0.05) is 29.1 Å². The van der Waals surface area contributed by atoms with Gasteiger partial charge >= 0.3 is 0 Å². The number of nitriles is 1. The van der Waals surface area contributed by atoms with Gasteiger partial charge in [0.2, 0.25) is 0 Å². The van der Waals surface area contributed by atoms with Gasteiger partial charge in [-0.25, -0.2) is 4.98 Å². The van der Waals surface area contributed by atoms with Crippen LogP contribution in [0.2, 0.25) is 0 Å². The van der Waals surface area contributed by atoms with Crippen LogP contribution in [0, 0.1) is 11.3 Å². The second kappa shape index (κ2) is 4.86. The van der Waals surface area contributed by atoms with Gasteiger partial charge in [0.1, 0.15) is 5.82 Å². The van der Waals surface area contributed by atoms with Crippen LogP contribution in [0.5, 0.6) is 0 Å². The zero-order valence-electron chi connectivity index (χ0n) is 11.6. The topological polar surface area (TPSA) is 52.0 Å². The fourth-order valence-electron chi connectivity index (χ4n) is 2.50. The average Bonchev–Trinajstić information content (AvgIpc) is 2.63. The molecular formula is C16H16N4. The number of fused-ring (bicyclic) bond motifs is 3. The maximum Gasteiger partial charge on any atom is 0.138 e. The fraction of sp³-hybridized carbons (Fsp3) is 0.250. The molecule has 0 amide bonds. The lowest BCUT2D eigenvalue weighted by Gasteiger charge is -2.27. The van der Waals surface area contributed by atoms with Crippen molar-refractivity contribution in [2.75, 3.05) is 16.9 Å². The van der Waals surface area contributed by atoms with E-state index in [0.717, 1.165) is 22.6 Å². The molecule has 0 atom stereocenters. The average molecular weight is 264 g/mol. The number of aromatic nitrogens is 1. The van der Waals surface area contributed by atoms with Crippen LogP contribution in [0.25, 0.3) is 11.1 Å². The second-order valence-electron chi connectivity index (χ2n) is 5.15. The van der Waals surface area contributed by atoms with E-state index in [-0.39, 0.29) is 0 Å². The third-order valence-electron chi connectivity index (χ3n) is 3.56. The van der Waals surface area contributed by atoms with Crippen molar-refractivity contribution in [2.45, 2.75) is 19.9 Å². The number of benzene rings is 1. The van der Waals surface area contributed by atoms with Crippen molar-refractivity contribution < 1.29 is 0 Å². The summed E-state index contributed by atoms with van der Waals surface area (Å²) in [5.74, 6) is 0.985. The Hall–Kier alpha value is -2.54. The first-order valence-corrected chi connectivity index (χ1v) is 6.71. The maximum absolute atomic E-state index is 9.04. The Labute approximate surface area is 118 Å². The van der Waals surface area contributed by atoms with E-state index in [9.17, 15) is 0 Å². The summed E-state index contributed by atoms with van der Waals surface area (Å²) >= 11 is 0. The Balaban J connectivity index is 2.20. The highest BCUT2D eigenvalue weighted by atomic mass is 15.3. The molecule has 1 aliphatic rings. The molecule has 2 aromatic rings. The molecule has 1 aromatic heterocycles.